The first-order valence-corrected chi connectivity index (χ1v) is 6.13. The van der Waals surface area contributed by atoms with Gasteiger partial charge < -0.3 is 20.5 Å². The van der Waals surface area contributed by atoms with Gasteiger partial charge in [-0.2, -0.15) is 0 Å². The minimum Gasteiger partial charge on any atom is -0.492 e. The summed E-state index contributed by atoms with van der Waals surface area (Å²) < 4.78 is 10.8. The summed E-state index contributed by atoms with van der Waals surface area (Å²) in [6.45, 7) is 5.27. The highest BCUT2D eigenvalue weighted by atomic mass is 16.5. The van der Waals surface area contributed by atoms with Crippen molar-refractivity contribution in [2.45, 2.75) is 13.3 Å². The fourth-order valence-electron chi connectivity index (χ4n) is 1.93. The fraction of sp³-hybridized carbons (Fsp3) is 0.538. The highest BCUT2D eigenvalue weighted by molar-refractivity contribution is 5.61. The molecule has 1 atom stereocenters. The molecule has 1 heterocycles. The molecular formula is C13H20N2O2. The van der Waals surface area contributed by atoms with Crippen molar-refractivity contribution >= 4 is 11.4 Å². The van der Waals surface area contributed by atoms with Crippen LogP contribution < -0.4 is 15.8 Å². The van der Waals surface area contributed by atoms with Gasteiger partial charge in [-0.1, -0.05) is 0 Å². The van der Waals surface area contributed by atoms with E-state index >= 15 is 0 Å². The zero-order chi connectivity index (χ0) is 12.1. The van der Waals surface area contributed by atoms with Crippen molar-refractivity contribution in [3.05, 3.63) is 18.2 Å². The summed E-state index contributed by atoms with van der Waals surface area (Å²) in [4.78, 5) is 0. The number of anilines is 2. The molecule has 0 bridgehead atoms. The van der Waals surface area contributed by atoms with Crippen LogP contribution in [-0.2, 0) is 4.74 Å². The Hall–Kier alpha value is -1.42. The van der Waals surface area contributed by atoms with Crippen LogP contribution in [0.3, 0.4) is 0 Å². The van der Waals surface area contributed by atoms with E-state index < -0.39 is 0 Å². The Labute approximate surface area is 102 Å². The number of nitrogen functional groups attached to an aromatic ring is 1. The van der Waals surface area contributed by atoms with Gasteiger partial charge in [0.2, 0.25) is 0 Å². The van der Waals surface area contributed by atoms with Crippen molar-refractivity contribution in [3.63, 3.8) is 0 Å². The second-order valence-electron chi connectivity index (χ2n) is 4.30. The molecule has 1 aliphatic heterocycles. The molecule has 1 fully saturated rings. The number of rotatable bonds is 5. The van der Waals surface area contributed by atoms with E-state index in [4.69, 9.17) is 15.2 Å². The van der Waals surface area contributed by atoms with E-state index in [1.807, 2.05) is 25.1 Å². The second-order valence-corrected chi connectivity index (χ2v) is 4.30. The van der Waals surface area contributed by atoms with Gasteiger partial charge >= 0.3 is 0 Å². The van der Waals surface area contributed by atoms with E-state index in [9.17, 15) is 0 Å². The van der Waals surface area contributed by atoms with Crippen molar-refractivity contribution in [1.82, 2.24) is 0 Å². The molecule has 0 spiro atoms. The minimum atomic E-state index is 0.614. The van der Waals surface area contributed by atoms with E-state index in [-0.39, 0.29) is 0 Å². The number of nitrogens with two attached hydrogens (primary N) is 1. The van der Waals surface area contributed by atoms with Gasteiger partial charge in [0.25, 0.3) is 0 Å². The van der Waals surface area contributed by atoms with Crippen LogP contribution in [0, 0.1) is 5.92 Å². The first-order chi connectivity index (χ1) is 8.29. The van der Waals surface area contributed by atoms with Gasteiger partial charge in [0.1, 0.15) is 5.75 Å². The molecule has 2 rings (SSSR count). The third-order valence-electron chi connectivity index (χ3n) is 2.93. The molecule has 0 aromatic heterocycles. The Morgan fingerprint density at radius 2 is 2.41 bits per heavy atom. The molecule has 17 heavy (non-hydrogen) atoms. The van der Waals surface area contributed by atoms with Gasteiger partial charge in [-0.15, -0.1) is 0 Å². The first kappa shape index (κ1) is 12.0. The second kappa shape index (κ2) is 5.77. The smallest absolute Gasteiger partial charge is 0.144 e. The number of hydrogen-bond acceptors (Lipinski definition) is 4. The Kier molecular flexibility index (Phi) is 4.09. The average molecular weight is 236 g/mol. The fourth-order valence-corrected chi connectivity index (χ4v) is 1.93. The van der Waals surface area contributed by atoms with Crippen molar-refractivity contribution in [3.8, 4) is 5.75 Å². The summed E-state index contributed by atoms with van der Waals surface area (Å²) in [6, 6.07) is 5.81. The Bertz CT molecular complexity index is 362. The summed E-state index contributed by atoms with van der Waals surface area (Å²) in [5, 5.41) is 3.40. The molecule has 0 saturated carbocycles. The summed E-state index contributed by atoms with van der Waals surface area (Å²) in [5.74, 6) is 1.36. The van der Waals surface area contributed by atoms with Crippen molar-refractivity contribution in [2.75, 3.05) is 37.4 Å². The van der Waals surface area contributed by atoms with Gasteiger partial charge in [0.05, 0.1) is 18.9 Å². The van der Waals surface area contributed by atoms with E-state index in [1.165, 1.54) is 0 Å². The molecular weight excluding hydrogens is 216 g/mol. The zero-order valence-electron chi connectivity index (χ0n) is 10.2. The molecule has 3 N–H and O–H groups in total. The number of ether oxygens (including phenoxy) is 2. The molecule has 1 aromatic rings. The van der Waals surface area contributed by atoms with E-state index in [0.717, 1.165) is 37.6 Å². The predicted octanol–water partition coefficient (Wildman–Crippen LogP) is 2.12. The third-order valence-corrected chi connectivity index (χ3v) is 2.93. The Morgan fingerprint density at radius 1 is 1.53 bits per heavy atom. The Morgan fingerprint density at radius 3 is 3.12 bits per heavy atom. The van der Waals surface area contributed by atoms with Crippen LogP contribution in [0.1, 0.15) is 13.3 Å². The van der Waals surface area contributed by atoms with Crippen LogP contribution in [0.2, 0.25) is 0 Å². The lowest BCUT2D eigenvalue weighted by molar-refractivity contribution is 0.187. The first-order valence-electron chi connectivity index (χ1n) is 6.13. The summed E-state index contributed by atoms with van der Waals surface area (Å²) in [5.41, 5.74) is 7.55. The third kappa shape index (κ3) is 3.27. The molecule has 1 aromatic carbocycles. The lowest BCUT2D eigenvalue weighted by atomic mass is 10.1. The largest absolute Gasteiger partial charge is 0.492 e. The van der Waals surface area contributed by atoms with Gasteiger partial charge in [-0.05, 0) is 25.5 Å². The summed E-state index contributed by atoms with van der Waals surface area (Å²) >= 11 is 0. The van der Waals surface area contributed by atoms with Crippen LogP contribution >= 0.6 is 0 Å². The van der Waals surface area contributed by atoms with Crippen LogP contribution in [-0.4, -0.2) is 26.4 Å². The summed E-state index contributed by atoms with van der Waals surface area (Å²) in [6.07, 6.45) is 1.14. The monoisotopic (exact) mass is 236 g/mol. The number of nitrogens with one attached hydrogen (secondary N) is 1. The predicted molar refractivity (Wildman–Crippen MR) is 69.4 cm³/mol. The molecule has 0 amide bonds. The normalized spacial score (nSPS) is 19.2. The van der Waals surface area contributed by atoms with Crippen molar-refractivity contribution < 1.29 is 9.47 Å². The molecule has 0 aliphatic carbocycles. The zero-order valence-corrected chi connectivity index (χ0v) is 10.2. The molecule has 1 unspecified atom stereocenters. The maximum absolute atomic E-state index is 5.82. The SMILES string of the molecule is CCOc1cc(NCC2CCOC2)ccc1N. The topological polar surface area (TPSA) is 56.5 Å². The average Bonchev–Trinajstić information content (AvgIpc) is 2.83. The van der Waals surface area contributed by atoms with Gasteiger partial charge in [-0.3, -0.25) is 0 Å². The molecule has 4 nitrogen and oxygen atoms in total. The van der Waals surface area contributed by atoms with Gasteiger partial charge in [0, 0.05) is 30.8 Å². The summed E-state index contributed by atoms with van der Waals surface area (Å²) in [7, 11) is 0. The lowest BCUT2D eigenvalue weighted by Crippen LogP contribution is -2.14. The molecule has 94 valence electrons. The standard InChI is InChI=1S/C13H20N2O2/c1-2-17-13-7-11(3-4-12(13)14)15-8-10-5-6-16-9-10/h3-4,7,10,15H,2,5-6,8-9,14H2,1H3. The maximum atomic E-state index is 5.82. The van der Waals surface area contributed by atoms with Crippen LogP contribution in [0.4, 0.5) is 11.4 Å². The van der Waals surface area contributed by atoms with Crippen LogP contribution in [0.15, 0.2) is 18.2 Å². The highest BCUT2D eigenvalue weighted by Crippen LogP contribution is 2.26. The number of hydrogen-bond donors (Lipinski definition) is 2. The van der Waals surface area contributed by atoms with E-state index in [0.29, 0.717) is 18.2 Å². The molecule has 1 saturated heterocycles. The molecule has 0 radical (unpaired) electrons. The van der Waals surface area contributed by atoms with Crippen LogP contribution in [0.25, 0.3) is 0 Å². The van der Waals surface area contributed by atoms with Gasteiger partial charge in [0.15, 0.2) is 0 Å². The number of benzene rings is 1. The Balaban J connectivity index is 1.93. The van der Waals surface area contributed by atoms with Crippen molar-refractivity contribution in [2.24, 2.45) is 5.92 Å². The van der Waals surface area contributed by atoms with E-state index in [2.05, 4.69) is 5.32 Å². The quantitative estimate of drug-likeness (QED) is 0.769. The lowest BCUT2D eigenvalue weighted by Gasteiger charge is -2.13. The van der Waals surface area contributed by atoms with E-state index in [1.54, 1.807) is 0 Å². The van der Waals surface area contributed by atoms with Crippen molar-refractivity contribution in [1.29, 1.82) is 0 Å². The molecule has 4 heteroatoms. The minimum absolute atomic E-state index is 0.614. The van der Waals surface area contributed by atoms with Crippen LogP contribution in [0.5, 0.6) is 5.75 Å². The van der Waals surface area contributed by atoms with Gasteiger partial charge in [-0.25, -0.2) is 0 Å². The highest BCUT2D eigenvalue weighted by Gasteiger charge is 2.15. The molecule has 1 aliphatic rings. The maximum Gasteiger partial charge on any atom is 0.144 e.